The molecular formula is C27H25N3O6. The molecule has 9 heteroatoms. The van der Waals surface area contributed by atoms with E-state index in [1.165, 1.54) is 9.96 Å². The van der Waals surface area contributed by atoms with Crippen LogP contribution in [0.15, 0.2) is 78.9 Å². The number of ether oxygens (including phenoxy) is 2. The molecule has 3 amide bonds. The van der Waals surface area contributed by atoms with Crippen molar-refractivity contribution in [2.75, 3.05) is 18.5 Å². The molecule has 0 aliphatic carbocycles. The van der Waals surface area contributed by atoms with Crippen LogP contribution >= 0.6 is 0 Å². The van der Waals surface area contributed by atoms with E-state index in [4.69, 9.17) is 14.3 Å². The van der Waals surface area contributed by atoms with E-state index in [9.17, 15) is 14.4 Å². The third-order valence-corrected chi connectivity index (χ3v) is 6.06. The minimum absolute atomic E-state index is 0.186. The number of carbonyl (C=O) groups is 3. The highest BCUT2D eigenvalue weighted by Gasteiger charge is 2.51. The number of benzene rings is 3. The molecule has 3 aromatic rings. The number of hydrogen-bond donors (Lipinski definition) is 1. The molecule has 2 heterocycles. The Morgan fingerprint density at radius 2 is 1.69 bits per heavy atom. The maximum atomic E-state index is 13.3. The van der Waals surface area contributed by atoms with Gasteiger partial charge in [-0.05, 0) is 47.9 Å². The van der Waals surface area contributed by atoms with Crippen molar-refractivity contribution < 1.29 is 28.7 Å². The average molecular weight is 488 g/mol. The first kappa shape index (κ1) is 23.4. The summed E-state index contributed by atoms with van der Waals surface area (Å²) >= 11 is 0. The summed E-state index contributed by atoms with van der Waals surface area (Å²) in [6, 6.07) is 21.6. The van der Waals surface area contributed by atoms with Gasteiger partial charge in [-0.2, -0.15) is 5.06 Å². The van der Waals surface area contributed by atoms with Crippen molar-refractivity contribution in [3.05, 3.63) is 95.6 Å². The molecule has 2 aliphatic rings. The van der Waals surface area contributed by atoms with Crippen molar-refractivity contribution >= 4 is 23.8 Å². The van der Waals surface area contributed by atoms with E-state index < -0.39 is 30.2 Å². The number of urea groups is 1. The van der Waals surface area contributed by atoms with Crippen LogP contribution < -0.4 is 10.1 Å². The van der Waals surface area contributed by atoms with Gasteiger partial charge < -0.3 is 14.4 Å². The molecule has 9 nitrogen and oxygen atoms in total. The van der Waals surface area contributed by atoms with Gasteiger partial charge in [0.2, 0.25) is 0 Å². The van der Waals surface area contributed by atoms with Gasteiger partial charge in [-0.25, -0.2) is 14.4 Å². The Labute approximate surface area is 208 Å². The van der Waals surface area contributed by atoms with Crippen molar-refractivity contribution in [2.45, 2.75) is 25.6 Å². The Kier molecular flexibility index (Phi) is 6.55. The fourth-order valence-electron chi connectivity index (χ4n) is 4.47. The maximum absolute atomic E-state index is 13.3. The lowest BCUT2D eigenvalue weighted by Gasteiger charge is -2.31. The molecule has 184 valence electrons. The summed E-state index contributed by atoms with van der Waals surface area (Å²) < 4.78 is 10.8. The highest BCUT2D eigenvalue weighted by atomic mass is 16.7. The summed E-state index contributed by atoms with van der Waals surface area (Å²) in [4.78, 5) is 46.0. The molecule has 5 rings (SSSR count). The van der Waals surface area contributed by atoms with E-state index in [2.05, 4.69) is 5.32 Å². The molecule has 3 aromatic carbocycles. The number of nitrogens with zero attached hydrogens (tertiary/aromatic N) is 2. The standard InChI is InChI=1S/C27H25N3O6/c1-2-34-25(31)24-21-14-13-20(36-26(32)28-19-11-7-4-8-12-19)15-22(21)23-16-29(24)27(33)30(23)35-17-18-9-5-3-6-10-18/h3-15,23-24H,2,16-17H2,1H3,(H,28,32)/t23-,24+/m0/s1. The molecule has 0 spiro atoms. The molecule has 1 fully saturated rings. The van der Waals surface area contributed by atoms with Crippen molar-refractivity contribution in [3.63, 3.8) is 0 Å². The fraction of sp³-hybridized carbons (Fsp3) is 0.222. The largest absolute Gasteiger partial charge is 0.464 e. The molecule has 1 N–H and O–H groups in total. The lowest BCUT2D eigenvalue weighted by molar-refractivity contribution is -0.149. The first-order valence-corrected chi connectivity index (χ1v) is 11.7. The number of carbonyl (C=O) groups excluding carboxylic acids is 3. The molecule has 2 aliphatic heterocycles. The number of para-hydroxylation sites is 1. The minimum Gasteiger partial charge on any atom is -0.464 e. The Morgan fingerprint density at radius 3 is 2.42 bits per heavy atom. The zero-order valence-corrected chi connectivity index (χ0v) is 19.6. The van der Waals surface area contributed by atoms with E-state index >= 15 is 0 Å². The number of hydrogen-bond acceptors (Lipinski definition) is 6. The fourth-order valence-corrected chi connectivity index (χ4v) is 4.47. The summed E-state index contributed by atoms with van der Waals surface area (Å²) in [5.74, 6) is -0.244. The van der Waals surface area contributed by atoms with Crippen molar-refractivity contribution in [1.29, 1.82) is 0 Å². The van der Waals surface area contributed by atoms with Crippen molar-refractivity contribution in [2.24, 2.45) is 0 Å². The van der Waals surface area contributed by atoms with Crippen LogP contribution in [0, 0.1) is 0 Å². The van der Waals surface area contributed by atoms with Gasteiger partial charge in [0.05, 0.1) is 13.2 Å². The first-order valence-electron chi connectivity index (χ1n) is 11.7. The molecule has 0 aromatic heterocycles. The number of anilines is 1. The number of esters is 1. The van der Waals surface area contributed by atoms with Crippen LogP contribution in [-0.4, -0.2) is 41.2 Å². The predicted molar refractivity (Wildman–Crippen MR) is 130 cm³/mol. The second-order valence-electron chi connectivity index (χ2n) is 8.36. The molecule has 1 saturated heterocycles. The summed E-state index contributed by atoms with van der Waals surface area (Å²) in [5.41, 5.74) is 2.77. The van der Waals surface area contributed by atoms with Crippen molar-refractivity contribution in [1.82, 2.24) is 9.96 Å². The smallest absolute Gasteiger partial charge is 0.417 e. The van der Waals surface area contributed by atoms with Crippen LogP contribution in [0.3, 0.4) is 0 Å². The maximum Gasteiger partial charge on any atom is 0.417 e. The van der Waals surface area contributed by atoms with Gasteiger partial charge in [0, 0.05) is 5.69 Å². The second-order valence-corrected chi connectivity index (χ2v) is 8.36. The summed E-state index contributed by atoms with van der Waals surface area (Å²) in [6.45, 7) is 2.33. The summed E-state index contributed by atoms with van der Waals surface area (Å²) in [6.07, 6.45) is -0.653. The predicted octanol–water partition coefficient (Wildman–Crippen LogP) is 4.83. The summed E-state index contributed by atoms with van der Waals surface area (Å²) in [5, 5.41) is 3.96. The van der Waals surface area contributed by atoms with E-state index in [0.717, 1.165) is 5.56 Å². The molecule has 0 unspecified atom stereocenters. The van der Waals surface area contributed by atoms with Crippen molar-refractivity contribution in [3.8, 4) is 5.75 Å². The van der Waals surface area contributed by atoms with Crippen LogP contribution in [0.4, 0.5) is 15.3 Å². The third-order valence-electron chi connectivity index (χ3n) is 6.06. The van der Waals surface area contributed by atoms with Gasteiger partial charge in [-0.15, -0.1) is 0 Å². The van der Waals surface area contributed by atoms with Gasteiger partial charge in [-0.1, -0.05) is 54.6 Å². The van der Waals surface area contributed by atoms with E-state index in [-0.39, 0.29) is 25.5 Å². The van der Waals surface area contributed by atoms with Crippen LogP contribution in [0.2, 0.25) is 0 Å². The topological polar surface area (TPSA) is 97.4 Å². The van der Waals surface area contributed by atoms with Crippen LogP contribution in [0.25, 0.3) is 0 Å². The lowest BCUT2D eigenvalue weighted by atomic mass is 9.91. The first-order chi connectivity index (χ1) is 17.5. The Balaban J connectivity index is 1.42. The lowest BCUT2D eigenvalue weighted by Crippen LogP contribution is -2.39. The molecule has 2 bridgehead atoms. The SMILES string of the molecule is CCOC(=O)[C@H]1c2ccc(OC(=O)Nc3ccccc3)cc2[C@@H]2CN1C(=O)N2OCc1ccccc1. The van der Waals surface area contributed by atoms with Gasteiger partial charge >= 0.3 is 18.1 Å². The number of nitrogens with one attached hydrogen (secondary N) is 1. The Morgan fingerprint density at radius 1 is 0.972 bits per heavy atom. The third kappa shape index (κ3) is 4.60. The van der Waals surface area contributed by atoms with E-state index in [1.807, 2.05) is 36.4 Å². The molecule has 0 radical (unpaired) electrons. The van der Waals surface area contributed by atoms with E-state index in [0.29, 0.717) is 16.8 Å². The van der Waals surface area contributed by atoms with E-state index in [1.54, 1.807) is 49.4 Å². The summed E-state index contributed by atoms with van der Waals surface area (Å²) in [7, 11) is 0. The Bertz CT molecular complexity index is 1270. The van der Waals surface area contributed by atoms with Crippen LogP contribution in [0.1, 0.15) is 35.7 Å². The number of hydroxylamine groups is 2. The Hall–Kier alpha value is -4.37. The quantitative estimate of drug-likeness (QED) is 0.480. The minimum atomic E-state index is -0.916. The highest BCUT2D eigenvalue weighted by molar-refractivity contribution is 5.89. The molecule has 36 heavy (non-hydrogen) atoms. The number of fused-ring (bicyclic) bond motifs is 4. The molecule has 0 saturated carbocycles. The van der Waals surface area contributed by atoms with Gasteiger partial charge in [0.1, 0.15) is 18.4 Å². The normalized spacial score (nSPS) is 18.0. The zero-order valence-electron chi connectivity index (χ0n) is 19.6. The van der Waals surface area contributed by atoms with Gasteiger partial charge in [0.15, 0.2) is 6.04 Å². The number of rotatable bonds is 7. The van der Waals surface area contributed by atoms with Crippen LogP contribution in [-0.2, 0) is 21.0 Å². The van der Waals surface area contributed by atoms with Gasteiger partial charge in [0.25, 0.3) is 0 Å². The molecular weight excluding hydrogens is 462 g/mol. The number of amides is 3. The monoisotopic (exact) mass is 487 g/mol. The zero-order chi connectivity index (χ0) is 25.1. The van der Waals surface area contributed by atoms with Gasteiger partial charge in [-0.3, -0.25) is 10.2 Å². The molecule has 2 atom stereocenters. The average Bonchev–Trinajstić information content (AvgIpc) is 3.16. The highest BCUT2D eigenvalue weighted by Crippen LogP contribution is 2.45. The second kappa shape index (κ2) is 10.1. The van der Waals surface area contributed by atoms with Crippen LogP contribution in [0.5, 0.6) is 5.75 Å².